The smallest absolute Gasteiger partial charge is 0.338 e. The average molecular weight is 441 g/mol. The summed E-state index contributed by atoms with van der Waals surface area (Å²) in [5, 5.41) is 6.65. The second-order valence-electron chi connectivity index (χ2n) is 7.24. The second kappa shape index (κ2) is 10.8. The SMILES string of the molecule is CCCCOc1ccc([C@@H]2NC(=S)NC(C)=C2C(=O)OCc2ccccc2)cc1OC. The fourth-order valence-electron chi connectivity index (χ4n) is 3.32. The fraction of sp³-hybridized carbons (Fsp3) is 0.333. The van der Waals surface area contributed by atoms with Crippen molar-refractivity contribution in [1.82, 2.24) is 10.6 Å². The second-order valence-corrected chi connectivity index (χ2v) is 7.65. The molecule has 164 valence electrons. The van der Waals surface area contributed by atoms with E-state index in [0.717, 1.165) is 24.0 Å². The van der Waals surface area contributed by atoms with Crippen molar-refractivity contribution in [3.63, 3.8) is 0 Å². The first-order valence-electron chi connectivity index (χ1n) is 10.3. The summed E-state index contributed by atoms with van der Waals surface area (Å²) in [6, 6.07) is 14.8. The maximum Gasteiger partial charge on any atom is 0.338 e. The van der Waals surface area contributed by atoms with Crippen LogP contribution in [0.1, 0.15) is 43.9 Å². The first-order chi connectivity index (χ1) is 15.0. The van der Waals surface area contributed by atoms with Gasteiger partial charge in [0.1, 0.15) is 6.61 Å². The molecule has 3 rings (SSSR count). The third-order valence-electron chi connectivity index (χ3n) is 4.98. The summed E-state index contributed by atoms with van der Waals surface area (Å²) in [5.74, 6) is 0.871. The minimum absolute atomic E-state index is 0.196. The van der Waals surface area contributed by atoms with Crippen molar-refractivity contribution < 1.29 is 19.0 Å². The largest absolute Gasteiger partial charge is 0.493 e. The topological polar surface area (TPSA) is 68.8 Å². The van der Waals surface area contributed by atoms with Crippen LogP contribution in [-0.4, -0.2) is 24.8 Å². The molecule has 0 bridgehead atoms. The standard InChI is InChI=1S/C24H28N2O4S/c1-4-5-13-29-19-12-11-18(14-20(19)28-3)22-21(16(2)25-24(31)26-22)23(27)30-15-17-9-7-6-8-10-17/h6-12,14,22H,4-5,13,15H2,1-3H3,(H2,25,26,31)/t22-/m0/s1. The van der Waals surface area contributed by atoms with Gasteiger partial charge < -0.3 is 24.8 Å². The van der Waals surface area contributed by atoms with E-state index in [0.29, 0.717) is 34.5 Å². The molecule has 0 spiro atoms. The summed E-state index contributed by atoms with van der Waals surface area (Å²) in [4.78, 5) is 13.0. The molecule has 1 aliphatic rings. The molecule has 2 aromatic carbocycles. The van der Waals surface area contributed by atoms with E-state index in [1.54, 1.807) is 7.11 Å². The van der Waals surface area contributed by atoms with Crippen molar-refractivity contribution in [2.24, 2.45) is 0 Å². The fourth-order valence-corrected chi connectivity index (χ4v) is 3.60. The first-order valence-corrected chi connectivity index (χ1v) is 10.7. The van der Waals surface area contributed by atoms with Crippen molar-refractivity contribution in [3.8, 4) is 11.5 Å². The Morgan fingerprint density at radius 3 is 2.61 bits per heavy atom. The van der Waals surface area contributed by atoms with E-state index in [9.17, 15) is 4.79 Å². The third-order valence-corrected chi connectivity index (χ3v) is 5.20. The number of hydrogen-bond acceptors (Lipinski definition) is 5. The molecule has 0 unspecified atom stereocenters. The van der Waals surface area contributed by atoms with Gasteiger partial charge in [0.05, 0.1) is 25.3 Å². The monoisotopic (exact) mass is 440 g/mol. The van der Waals surface area contributed by atoms with Gasteiger partial charge in [0.2, 0.25) is 0 Å². The van der Waals surface area contributed by atoms with Gasteiger partial charge in [-0.2, -0.15) is 0 Å². The number of methoxy groups -OCH3 is 1. The lowest BCUT2D eigenvalue weighted by Crippen LogP contribution is -2.45. The average Bonchev–Trinajstić information content (AvgIpc) is 2.78. The normalized spacial score (nSPS) is 15.7. The molecule has 0 radical (unpaired) electrons. The van der Waals surface area contributed by atoms with Crippen LogP contribution in [0, 0.1) is 0 Å². The maximum absolute atomic E-state index is 13.0. The number of thiocarbonyl (C=S) groups is 1. The molecule has 1 aliphatic heterocycles. The summed E-state index contributed by atoms with van der Waals surface area (Å²) in [6.45, 7) is 4.75. The van der Waals surface area contributed by atoms with Crippen molar-refractivity contribution in [1.29, 1.82) is 0 Å². The quantitative estimate of drug-likeness (QED) is 0.340. The number of carbonyl (C=O) groups excluding carboxylic acids is 1. The summed E-state index contributed by atoms with van der Waals surface area (Å²) in [6.07, 6.45) is 2.02. The lowest BCUT2D eigenvalue weighted by molar-refractivity contribution is -0.140. The number of rotatable bonds is 9. The van der Waals surface area contributed by atoms with Crippen LogP contribution in [0.5, 0.6) is 11.5 Å². The zero-order valence-electron chi connectivity index (χ0n) is 18.1. The van der Waals surface area contributed by atoms with Gasteiger partial charge in [-0.3, -0.25) is 0 Å². The molecule has 1 atom stereocenters. The van der Waals surface area contributed by atoms with Gasteiger partial charge in [0.25, 0.3) is 0 Å². The number of carbonyl (C=O) groups is 1. The van der Waals surface area contributed by atoms with E-state index in [4.69, 9.17) is 26.4 Å². The number of allylic oxidation sites excluding steroid dienone is 1. The number of benzene rings is 2. The Labute approximate surface area is 188 Å². The van der Waals surface area contributed by atoms with Crippen LogP contribution in [0.15, 0.2) is 59.8 Å². The van der Waals surface area contributed by atoms with Gasteiger partial charge in [-0.15, -0.1) is 0 Å². The number of nitrogens with one attached hydrogen (secondary N) is 2. The van der Waals surface area contributed by atoms with Gasteiger partial charge in [0, 0.05) is 5.70 Å². The highest BCUT2D eigenvalue weighted by atomic mass is 32.1. The van der Waals surface area contributed by atoms with Crippen LogP contribution in [0.3, 0.4) is 0 Å². The van der Waals surface area contributed by atoms with Gasteiger partial charge in [-0.25, -0.2) is 4.79 Å². The number of esters is 1. The minimum atomic E-state index is -0.462. The van der Waals surface area contributed by atoms with E-state index in [1.165, 1.54) is 0 Å². The molecule has 7 heteroatoms. The number of unbranched alkanes of at least 4 members (excludes halogenated alkanes) is 1. The summed E-state index contributed by atoms with van der Waals surface area (Å²) >= 11 is 5.33. The molecule has 0 saturated carbocycles. The Balaban J connectivity index is 1.84. The van der Waals surface area contributed by atoms with E-state index in [2.05, 4.69) is 17.6 Å². The number of ether oxygens (including phenoxy) is 3. The van der Waals surface area contributed by atoms with Gasteiger partial charge in [-0.1, -0.05) is 49.7 Å². The molecular weight excluding hydrogens is 412 g/mol. The van der Waals surface area contributed by atoms with Crippen LogP contribution in [0.4, 0.5) is 0 Å². The van der Waals surface area contributed by atoms with E-state index in [-0.39, 0.29) is 6.61 Å². The van der Waals surface area contributed by atoms with Crippen LogP contribution in [0.2, 0.25) is 0 Å². The molecule has 0 fully saturated rings. The van der Waals surface area contributed by atoms with Crippen LogP contribution < -0.4 is 20.1 Å². The van der Waals surface area contributed by atoms with Gasteiger partial charge >= 0.3 is 5.97 Å². The summed E-state index contributed by atoms with van der Waals surface area (Å²) in [5.41, 5.74) is 2.89. The highest BCUT2D eigenvalue weighted by molar-refractivity contribution is 7.80. The zero-order chi connectivity index (χ0) is 22.2. The first kappa shape index (κ1) is 22.6. The minimum Gasteiger partial charge on any atom is -0.493 e. The van der Waals surface area contributed by atoms with E-state index >= 15 is 0 Å². The molecule has 2 aromatic rings. The predicted octanol–water partition coefficient (Wildman–Crippen LogP) is 4.41. The highest BCUT2D eigenvalue weighted by Crippen LogP contribution is 2.34. The van der Waals surface area contributed by atoms with Crippen molar-refractivity contribution in [2.75, 3.05) is 13.7 Å². The Morgan fingerprint density at radius 2 is 1.90 bits per heavy atom. The molecule has 0 aliphatic carbocycles. The van der Waals surface area contributed by atoms with E-state index in [1.807, 2.05) is 55.5 Å². The number of hydrogen-bond donors (Lipinski definition) is 2. The Hall–Kier alpha value is -3.06. The van der Waals surface area contributed by atoms with Crippen molar-refractivity contribution in [2.45, 2.75) is 39.3 Å². The molecule has 1 heterocycles. The molecular formula is C24H28N2O4S. The molecule has 6 nitrogen and oxygen atoms in total. The van der Waals surface area contributed by atoms with Crippen LogP contribution >= 0.6 is 12.2 Å². The Kier molecular flexibility index (Phi) is 7.89. The van der Waals surface area contributed by atoms with Crippen molar-refractivity contribution >= 4 is 23.3 Å². The summed E-state index contributed by atoms with van der Waals surface area (Å²) < 4.78 is 17.0. The molecule has 0 aromatic heterocycles. The van der Waals surface area contributed by atoms with Gasteiger partial charge in [-0.05, 0) is 48.8 Å². The lowest BCUT2D eigenvalue weighted by atomic mass is 9.95. The zero-order valence-corrected chi connectivity index (χ0v) is 18.9. The molecule has 2 N–H and O–H groups in total. The molecule has 0 amide bonds. The predicted molar refractivity (Wildman–Crippen MR) is 124 cm³/mol. The van der Waals surface area contributed by atoms with Gasteiger partial charge in [0.15, 0.2) is 16.6 Å². The lowest BCUT2D eigenvalue weighted by Gasteiger charge is -2.30. The van der Waals surface area contributed by atoms with E-state index < -0.39 is 12.0 Å². The van der Waals surface area contributed by atoms with Crippen LogP contribution in [0.25, 0.3) is 0 Å². The Morgan fingerprint density at radius 1 is 1.13 bits per heavy atom. The summed E-state index contributed by atoms with van der Waals surface area (Å²) in [7, 11) is 1.60. The Bertz CT molecular complexity index is 959. The molecule has 31 heavy (non-hydrogen) atoms. The van der Waals surface area contributed by atoms with Crippen LogP contribution in [-0.2, 0) is 16.1 Å². The highest BCUT2D eigenvalue weighted by Gasteiger charge is 2.31. The van der Waals surface area contributed by atoms with Crippen molar-refractivity contribution in [3.05, 3.63) is 70.9 Å². The third kappa shape index (κ3) is 5.76. The molecule has 0 saturated heterocycles. The maximum atomic E-state index is 13.0.